The van der Waals surface area contributed by atoms with Gasteiger partial charge < -0.3 is 5.32 Å². The Balaban J connectivity index is 0.00000225. The lowest BCUT2D eigenvalue weighted by Gasteiger charge is -2.15. The fourth-order valence-corrected chi connectivity index (χ4v) is 2.81. The van der Waals surface area contributed by atoms with Crippen molar-refractivity contribution < 1.29 is 23.2 Å². The normalized spacial score (nSPS) is 22.0. The van der Waals surface area contributed by atoms with Crippen molar-refractivity contribution in [2.45, 2.75) is 37.8 Å². The first kappa shape index (κ1) is 19.3. The summed E-state index contributed by atoms with van der Waals surface area (Å²) >= 11 is 0. The molecular formula is C16H18ClF2N3O3. The van der Waals surface area contributed by atoms with E-state index < -0.39 is 30.8 Å². The van der Waals surface area contributed by atoms with Crippen molar-refractivity contribution in [3.8, 4) is 0 Å². The molecule has 0 saturated carbocycles. The van der Waals surface area contributed by atoms with Gasteiger partial charge >= 0.3 is 0 Å². The number of likely N-dealkylation sites (tertiary alicyclic amines) is 1. The third kappa shape index (κ3) is 4.52. The van der Waals surface area contributed by atoms with Crippen LogP contribution in [-0.2, 0) is 20.9 Å². The van der Waals surface area contributed by atoms with Crippen molar-refractivity contribution in [2.24, 2.45) is 0 Å². The van der Waals surface area contributed by atoms with E-state index in [2.05, 4.69) is 10.6 Å². The number of alkyl halides is 2. The van der Waals surface area contributed by atoms with Gasteiger partial charge in [-0.3, -0.25) is 24.6 Å². The van der Waals surface area contributed by atoms with Crippen LogP contribution in [0.1, 0.15) is 24.8 Å². The Bertz CT molecular complexity index is 666. The average Bonchev–Trinajstić information content (AvgIpc) is 3.05. The van der Waals surface area contributed by atoms with E-state index in [-0.39, 0.29) is 43.6 Å². The lowest BCUT2D eigenvalue weighted by Crippen LogP contribution is -2.35. The Morgan fingerprint density at radius 1 is 1.20 bits per heavy atom. The molecule has 2 saturated heterocycles. The fourth-order valence-electron chi connectivity index (χ4n) is 2.81. The molecule has 25 heavy (non-hydrogen) atoms. The highest BCUT2D eigenvalue weighted by atomic mass is 35.5. The molecule has 1 atom stereocenters. The smallest absolute Gasteiger partial charge is 0.262 e. The quantitative estimate of drug-likeness (QED) is 0.787. The summed E-state index contributed by atoms with van der Waals surface area (Å²) in [5.41, 5.74) is 1.22. The molecule has 2 aliphatic heterocycles. The van der Waals surface area contributed by atoms with E-state index in [1.54, 1.807) is 24.3 Å². The zero-order chi connectivity index (χ0) is 17.3. The van der Waals surface area contributed by atoms with E-state index in [9.17, 15) is 23.2 Å². The molecule has 6 nitrogen and oxygen atoms in total. The van der Waals surface area contributed by atoms with Crippen LogP contribution in [-0.4, -0.2) is 41.1 Å². The Hall–Kier alpha value is -2.06. The van der Waals surface area contributed by atoms with Crippen LogP contribution < -0.4 is 10.6 Å². The first-order valence-corrected chi connectivity index (χ1v) is 7.68. The number of hydrogen-bond donors (Lipinski definition) is 2. The molecule has 3 rings (SSSR count). The first-order chi connectivity index (χ1) is 11.3. The number of imide groups is 1. The van der Waals surface area contributed by atoms with Gasteiger partial charge in [-0.15, -0.1) is 12.4 Å². The summed E-state index contributed by atoms with van der Waals surface area (Å²) in [6.07, 6.45) is -0.0336. The molecule has 0 spiro atoms. The predicted molar refractivity (Wildman–Crippen MR) is 88.5 cm³/mol. The van der Waals surface area contributed by atoms with Gasteiger partial charge in [0.2, 0.25) is 17.7 Å². The van der Waals surface area contributed by atoms with Crippen LogP contribution in [0.15, 0.2) is 24.3 Å². The average molecular weight is 374 g/mol. The van der Waals surface area contributed by atoms with Gasteiger partial charge in [-0.2, -0.15) is 0 Å². The van der Waals surface area contributed by atoms with E-state index in [1.165, 1.54) is 4.90 Å². The van der Waals surface area contributed by atoms with Crippen molar-refractivity contribution >= 4 is 35.8 Å². The maximum Gasteiger partial charge on any atom is 0.262 e. The highest BCUT2D eigenvalue weighted by Gasteiger charge is 2.42. The minimum Gasteiger partial charge on any atom is -0.325 e. The van der Waals surface area contributed by atoms with E-state index >= 15 is 0 Å². The lowest BCUT2D eigenvalue weighted by molar-refractivity contribution is -0.139. The highest BCUT2D eigenvalue weighted by Crippen LogP contribution is 2.26. The van der Waals surface area contributed by atoms with Gasteiger partial charge in [0.25, 0.3) is 5.92 Å². The SMILES string of the molecule is Cl.O=C(Nc1ccc(CN2C(=O)CCC2=O)cc1)C1CC(F)(F)CN1. The highest BCUT2D eigenvalue weighted by molar-refractivity contribution is 6.01. The molecule has 136 valence electrons. The number of anilines is 1. The van der Waals surface area contributed by atoms with Crippen LogP contribution in [0, 0.1) is 0 Å². The molecule has 0 aliphatic carbocycles. The summed E-state index contributed by atoms with van der Waals surface area (Å²) in [6.45, 7) is -0.301. The molecule has 3 amide bonds. The van der Waals surface area contributed by atoms with E-state index in [0.29, 0.717) is 5.69 Å². The second-order valence-corrected chi connectivity index (χ2v) is 6.05. The van der Waals surface area contributed by atoms with Crippen LogP contribution in [0.5, 0.6) is 0 Å². The number of benzene rings is 1. The molecule has 2 fully saturated rings. The third-order valence-electron chi connectivity index (χ3n) is 4.14. The van der Waals surface area contributed by atoms with Gasteiger partial charge in [0.1, 0.15) is 0 Å². The fraction of sp³-hybridized carbons (Fsp3) is 0.438. The van der Waals surface area contributed by atoms with Crippen molar-refractivity contribution in [3.63, 3.8) is 0 Å². The number of amides is 3. The van der Waals surface area contributed by atoms with Gasteiger partial charge in [0.15, 0.2) is 0 Å². The van der Waals surface area contributed by atoms with Gasteiger partial charge in [0.05, 0.1) is 19.1 Å². The monoisotopic (exact) mass is 373 g/mol. The number of hydrogen-bond acceptors (Lipinski definition) is 4. The summed E-state index contributed by atoms with van der Waals surface area (Å²) in [4.78, 5) is 36.3. The van der Waals surface area contributed by atoms with E-state index in [4.69, 9.17) is 0 Å². The summed E-state index contributed by atoms with van der Waals surface area (Å²) in [5, 5.41) is 5.07. The molecule has 9 heteroatoms. The minimum atomic E-state index is -2.86. The van der Waals surface area contributed by atoms with Gasteiger partial charge in [-0.25, -0.2) is 8.78 Å². The Kier molecular flexibility index (Phi) is 5.74. The largest absolute Gasteiger partial charge is 0.325 e. The number of halogens is 3. The van der Waals surface area contributed by atoms with Crippen LogP contribution in [0.3, 0.4) is 0 Å². The molecule has 1 aromatic carbocycles. The summed E-state index contributed by atoms with van der Waals surface area (Å²) in [6, 6.07) is 5.69. The lowest BCUT2D eigenvalue weighted by atomic mass is 10.1. The number of rotatable bonds is 4. The third-order valence-corrected chi connectivity index (χ3v) is 4.14. The van der Waals surface area contributed by atoms with Crippen LogP contribution in [0.25, 0.3) is 0 Å². The van der Waals surface area contributed by atoms with Crippen molar-refractivity contribution in [1.82, 2.24) is 10.2 Å². The van der Waals surface area contributed by atoms with Crippen molar-refractivity contribution in [2.75, 3.05) is 11.9 Å². The van der Waals surface area contributed by atoms with Crippen LogP contribution in [0.2, 0.25) is 0 Å². The first-order valence-electron chi connectivity index (χ1n) is 7.68. The van der Waals surface area contributed by atoms with E-state index in [0.717, 1.165) is 5.56 Å². The van der Waals surface area contributed by atoms with Gasteiger partial charge in [-0.1, -0.05) is 12.1 Å². The number of nitrogens with one attached hydrogen (secondary N) is 2. The zero-order valence-electron chi connectivity index (χ0n) is 13.3. The summed E-state index contributed by atoms with van der Waals surface area (Å²) in [7, 11) is 0. The second kappa shape index (κ2) is 7.45. The van der Waals surface area contributed by atoms with Gasteiger partial charge in [-0.05, 0) is 17.7 Å². The molecule has 0 aromatic heterocycles. The van der Waals surface area contributed by atoms with Crippen molar-refractivity contribution in [3.05, 3.63) is 29.8 Å². The molecular weight excluding hydrogens is 356 g/mol. The molecule has 1 aromatic rings. The number of nitrogens with zero attached hydrogens (tertiary/aromatic N) is 1. The van der Waals surface area contributed by atoms with Crippen LogP contribution >= 0.6 is 12.4 Å². The zero-order valence-corrected chi connectivity index (χ0v) is 14.1. The van der Waals surface area contributed by atoms with Crippen molar-refractivity contribution in [1.29, 1.82) is 0 Å². The predicted octanol–water partition coefficient (Wildman–Crippen LogP) is 1.69. The topological polar surface area (TPSA) is 78.5 Å². The molecule has 2 heterocycles. The second-order valence-electron chi connectivity index (χ2n) is 6.05. The summed E-state index contributed by atoms with van der Waals surface area (Å²) < 4.78 is 26.2. The molecule has 2 N–H and O–H groups in total. The summed E-state index contributed by atoms with van der Waals surface area (Å²) in [5.74, 6) is -3.75. The molecule has 1 unspecified atom stereocenters. The standard InChI is InChI=1S/C16H17F2N3O3.ClH/c17-16(18)7-12(19-9-16)15(24)20-11-3-1-10(2-4-11)8-21-13(22)5-6-14(21)23;/h1-4,12,19H,5-9H2,(H,20,24);1H. The maximum atomic E-state index is 13.1. The minimum absolute atomic E-state index is 0. The van der Waals surface area contributed by atoms with E-state index in [1.807, 2.05) is 0 Å². The number of carbonyl (C=O) groups is 3. The Morgan fingerprint density at radius 3 is 2.32 bits per heavy atom. The molecule has 0 bridgehead atoms. The number of carbonyl (C=O) groups excluding carboxylic acids is 3. The molecule has 2 aliphatic rings. The molecule has 0 radical (unpaired) electrons. The Morgan fingerprint density at radius 2 is 1.80 bits per heavy atom. The van der Waals surface area contributed by atoms with Gasteiger partial charge in [0, 0.05) is 24.9 Å². The van der Waals surface area contributed by atoms with Crippen LogP contribution in [0.4, 0.5) is 14.5 Å². The maximum absolute atomic E-state index is 13.1. The Labute approximate surface area is 149 Å².